The molecule has 0 heterocycles. The van der Waals surface area contributed by atoms with Crippen molar-refractivity contribution in [2.75, 3.05) is 13.1 Å². The highest BCUT2D eigenvalue weighted by Gasteiger charge is 2.03. The van der Waals surface area contributed by atoms with Crippen molar-refractivity contribution < 1.29 is 4.74 Å². The Kier molecular flexibility index (Phi) is 7.49. The van der Waals surface area contributed by atoms with Crippen molar-refractivity contribution in [3.05, 3.63) is 34.3 Å². The Hall–Kier alpha value is -0.380. The summed E-state index contributed by atoms with van der Waals surface area (Å²) in [7, 11) is 0. The van der Waals surface area contributed by atoms with Gasteiger partial charge in [0, 0.05) is 11.0 Å². The fourth-order valence-electron chi connectivity index (χ4n) is 1.51. The van der Waals surface area contributed by atoms with Crippen LogP contribution < -0.4 is 5.32 Å². The van der Waals surface area contributed by atoms with Gasteiger partial charge in [-0.25, -0.2) is 0 Å². The van der Waals surface area contributed by atoms with Crippen LogP contribution in [-0.4, -0.2) is 19.2 Å². The Morgan fingerprint density at radius 3 is 2.82 bits per heavy atom. The number of benzene rings is 1. The highest BCUT2D eigenvalue weighted by molar-refractivity contribution is 9.10. The molecule has 1 atom stereocenters. The molecule has 0 saturated heterocycles. The average molecular weight is 300 g/mol. The third kappa shape index (κ3) is 6.20. The lowest BCUT2D eigenvalue weighted by Gasteiger charge is -2.14. The van der Waals surface area contributed by atoms with Gasteiger partial charge in [0.25, 0.3) is 0 Å². The summed E-state index contributed by atoms with van der Waals surface area (Å²) >= 11 is 3.52. The van der Waals surface area contributed by atoms with E-state index in [1.165, 1.54) is 18.4 Å². The third-order valence-corrected chi connectivity index (χ3v) is 3.39. The van der Waals surface area contributed by atoms with E-state index in [-0.39, 0.29) is 6.10 Å². The molecule has 1 aromatic rings. The van der Waals surface area contributed by atoms with Crippen LogP contribution in [0.1, 0.15) is 32.3 Å². The Labute approximate surface area is 113 Å². The summed E-state index contributed by atoms with van der Waals surface area (Å²) in [4.78, 5) is 0. The Bertz CT molecular complexity index is 317. The van der Waals surface area contributed by atoms with E-state index in [9.17, 15) is 0 Å². The van der Waals surface area contributed by atoms with Gasteiger partial charge in [0.1, 0.15) is 0 Å². The second kappa shape index (κ2) is 8.67. The molecular formula is C14H22BrNO. The van der Waals surface area contributed by atoms with Crippen LogP contribution in [0.15, 0.2) is 28.7 Å². The van der Waals surface area contributed by atoms with E-state index in [2.05, 4.69) is 41.2 Å². The minimum absolute atomic E-state index is 0.249. The van der Waals surface area contributed by atoms with Gasteiger partial charge in [-0.3, -0.25) is 0 Å². The molecule has 0 aliphatic carbocycles. The number of hydrogen-bond acceptors (Lipinski definition) is 2. The average Bonchev–Trinajstić information content (AvgIpc) is 2.34. The first kappa shape index (κ1) is 14.7. The monoisotopic (exact) mass is 299 g/mol. The lowest BCUT2D eigenvalue weighted by atomic mass is 10.2. The van der Waals surface area contributed by atoms with Crippen LogP contribution in [-0.2, 0) is 11.3 Å². The lowest BCUT2D eigenvalue weighted by Crippen LogP contribution is -2.27. The van der Waals surface area contributed by atoms with Crippen LogP contribution in [0.4, 0.5) is 0 Å². The largest absolute Gasteiger partial charge is 0.372 e. The molecule has 17 heavy (non-hydrogen) atoms. The summed E-state index contributed by atoms with van der Waals surface area (Å²) < 4.78 is 6.91. The van der Waals surface area contributed by atoms with Crippen LogP contribution in [0.25, 0.3) is 0 Å². The molecule has 0 aliphatic rings. The Morgan fingerprint density at radius 1 is 1.35 bits per heavy atom. The van der Waals surface area contributed by atoms with E-state index in [0.29, 0.717) is 6.61 Å². The molecule has 1 aromatic carbocycles. The first-order chi connectivity index (χ1) is 8.24. The number of unbranched alkanes of at least 4 members (excludes halogenated alkanes) is 1. The molecular weight excluding hydrogens is 278 g/mol. The van der Waals surface area contributed by atoms with Crippen LogP contribution >= 0.6 is 15.9 Å². The summed E-state index contributed by atoms with van der Waals surface area (Å²) in [5.41, 5.74) is 1.20. The summed E-state index contributed by atoms with van der Waals surface area (Å²) in [6, 6.07) is 8.18. The molecule has 0 radical (unpaired) electrons. The van der Waals surface area contributed by atoms with Gasteiger partial charge >= 0.3 is 0 Å². The maximum atomic E-state index is 5.80. The fraction of sp³-hybridized carbons (Fsp3) is 0.571. The zero-order valence-corrected chi connectivity index (χ0v) is 12.3. The number of hydrogen-bond donors (Lipinski definition) is 1. The maximum absolute atomic E-state index is 5.80. The highest BCUT2D eigenvalue weighted by atomic mass is 79.9. The third-order valence-electron chi connectivity index (χ3n) is 2.62. The topological polar surface area (TPSA) is 21.3 Å². The fourth-order valence-corrected chi connectivity index (χ4v) is 1.91. The predicted octanol–water partition coefficient (Wildman–Crippen LogP) is 3.74. The van der Waals surface area contributed by atoms with Crippen molar-refractivity contribution in [3.8, 4) is 0 Å². The molecule has 0 saturated carbocycles. The van der Waals surface area contributed by atoms with Crippen LogP contribution in [0.2, 0.25) is 0 Å². The summed E-state index contributed by atoms with van der Waals surface area (Å²) in [6.07, 6.45) is 2.72. The second-order valence-corrected chi connectivity index (χ2v) is 5.13. The van der Waals surface area contributed by atoms with Gasteiger partial charge in [0.15, 0.2) is 0 Å². The predicted molar refractivity (Wildman–Crippen MR) is 76.2 cm³/mol. The van der Waals surface area contributed by atoms with E-state index in [4.69, 9.17) is 4.74 Å². The summed E-state index contributed by atoms with van der Waals surface area (Å²) in [5.74, 6) is 0. The van der Waals surface area contributed by atoms with E-state index >= 15 is 0 Å². The molecule has 2 nitrogen and oxygen atoms in total. The first-order valence-electron chi connectivity index (χ1n) is 6.29. The quantitative estimate of drug-likeness (QED) is 0.738. The minimum Gasteiger partial charge on any atom is -0.372 e. The minimum atomic E-state index is 0.249. The maximum Gasteiger partial charge on any atom is 0.0732 e. The molecule has 1 rings (SSSR count). The van der Waals surface area contributed by atoms with Gasteiger partial charge in [-0.15, -0.1) is 0 Å². The number of nitrogens with one attached hydrogen (secondary N) is 1. The zero-order chi connectivity index (χ0) is 12.5. The van der Waals surface area contributed by atoms with Gasteiger partial charge in [-0.2, -0.15) is 0 Å². The summed E-state index contributed by atoms with van der Waals surface area (Å²) in [5, 5.41) is 3.40. The van der Waals surface area contributed by atoms with Crippen LogP contribution in [0.3, 0.4) is 0 Å². The zero-order valence-electron chi connectivity index (χ0n) is 10.7. The van der Waals surface area contributed by atoms with Crippen molar-refractivity contribution in [3.63, 3.8) is 0 Å². The molecule has 3 heteroatoms. The number of ether oxygens (including phenoxy) is 1. The first-order valence-corrected chi connectivity index (χ1v) is 7.09. The van der Waals surface area contributed by atoms with Crippen molar-refractivity contribution in [1.29, 1.82) is 0 Å². The molecule has 0 amide bonds. The van der Waals surface area contributed by atoms with E-state index in [1.807, 2.05) is 18.2 Å². The molecule has 1 N–H and O–H groups in total. The molecule has 0 bridgehead atoms. The standard InChI is InChI=1S/C14H22BrNO/c1-3-4-9-16-10-12(2)17-11-13-7-5-6-8-14(13)15/h5-8,12,16H,3-4,9-11H2,1-2H3. The smallest absolute Gasteiger partial charge is 0.0732 e. The van der Waals surface area contributed by atoms with E-state index in [1.54, 1.807) is 0 Å². The summed E-state index contributed by atoms with van der Waals surface area (Å²) in [6.45, 7) is 6.98. The molecule has 0 aliphatic heterocycles. The van der Waals surface area contributed by atoms with Gasteiger partial charge in [0.2, 0.25) is 0 Å². The second-order valence-electron chi connectivity index (χ2n) is 4.27. The van der Waals surface area contributed by atoms with Crippen molar-refractivity contribution in [2.24, 2.45) is 0 Å². The molecule has 96 valence electrons. The van der Waals surface area contributed by atoms with E-state index in [0.717, 1.165) is 17.6 Å². The van der Waals surface area contributed by atoms with Gasteiger partial charge < -0.3 is 10.1 Å². The lowest BCUT2D eigenvalue weighted by molar-refractivity contribution is 0.0530. The molecule has 0 spiro atoms. The van der Waals surface area contributed by atoms with Gasteiger partial charge in [-0.1, -0.05) is 47.5 Å². The normalized spacial score (nSPS) is 12.6. The van der Waals surface area contributed by atoms with Gasteiger partial charge in [0.05, 0.1) is 12.7 Å². The van der Waals surface area contributed by atoms with Crippen LogP contribution in [0, 0.1) is 0 Å². The van der Waals surface area contributed by atoms with Crippen molar-refractivity contribution in [2.45, 2.75) is 39.4 Å². The highest BCUT2D eigenvalue weighted by Crippen LogP contribution is 2.17. The SMILES string of the molecule is CCCCNCC(C)OCc1ccccc1Br. The Morgan fingerprint density at radius 2 is 2.12 bits per heavy atom. The van der Waals surface area contributed by atoms with Crippen molar-refractivity contribution in [1.82, 2.24) is 5.32 Å². The molecule has 1 unspecified atom stereocenters. The number of halogens is 1. The van der Waals surface area contributed by atoms with Crippen LogP contribution in [0.5, 0.6) is 0 Å². The molecule has 0 aromatic heterocycles. The Balaban J connectivity index is 2.19. The van der Waals surface area contributed by atoms with Gasteiger partial charge in [-0.05, 0) is 31.5 Å². The van der Waals surface area contributed by atoms with Crippen molar-refractivity contribution >= 4 is 15.9 Å². The number of rotatable bonds is 8. The van der Waals surface area contributed by atoms with E-state index < -0.39 is 0 Å². The molecule has 0 fully saturated rings.